The number of rotatable bonds is 5. The first-order chi connectivity index (χ1) is 8.63. The Bertz CT molecular complexity index is 570. The van der Waals surface area contributed by atoms with Crippen LogP contribution in [0.25, 0.3) is 10.2 Å². The van der Waals surface area contributed by atoms with Crippen LogP contribution < -0.4 is 10.2 Å². The minimum absolute atomic E-state index is 0.0915. The van der Waals surface area contributed by atoms with Gasteiger partial charge in [0, 0.05) is 26.2 Å². The minimum atomic E-state index is -0.399. The van der Waals surface area contributed by atoms with Gasteiger partial charge >= 0.3 is 5.00 Å². The van der Waals surface area contributed by atoms with Crippen molar-refractivity contribution in [2.75, 3.05) is 32.1 Å². The summed E-state index contributed by atoms with van der Waals surface area (Å²) in [4.78, 5) is 21.2. The summed E-state index contributed by atoms with van der Waals surface area (Å²) in [5.74, 6) is 0.722. The Hall–Kier alpha value is -1.80. The number of aromatic nitrogens is 2. The lowest BCUT2D eigenvalue weighted by Crippen LogP contribution is -2.27. The number of nitrogens with zero attached hydrogens (tertiary/aromatic N) is 4. The van der Waals surface area contributed by atoms with E-state index in [1.54, 1.807) is 0 Å². The molecule has 0 spiro atoms. The molecule has 8 heteroatoms. The molecule has 2 aromatic heterocycles. The zero-order valence-electron chi connectivity index (χ0n) is 10.1. The lowest BCUT2D eigenvalue weighted by Gasteiger charge is -2.17. The maximum Gasteiger partial charge on any atom is 0.326 e. The zero-order chi connectivity index (χ0) is 13.1. The average molecular weight is 267 g/mol. The molecule has 0 atom stereocenters. The first-order valence-electron chi connectivity index (χ1n) is 5.38. The highest BCUT2D eigenvalue weighted by Crippen LogP contribution is 2.33. The average Bonchev–Trinajstić information content (AvgIpc) is 2.79. The van der Waals surface area contributed by atoms with E-state index in [0.29, 0.717) is 4.83 Å². The number of hydrogen-bond acceptors (Lipinski definition) is 7. The van der Waals surface area contributed by atoms with Gasteiger partial charge in [0.2, 0.25) is 0 Å². The number of likely N-dealkylation sites (N-methyl/N-ethyl adjacent to an activating group) is 2. The summed E-state index contributed by atoms with van der Waals surface area (Å²) < 4.78 is 0. The van der Waals surface area contributed by atoms with E-state index in [4.69, 9.17) is 0 Å². The van der Waals surface area contributed by atoms with Gasteiger partial charge in [0.25, 0.3) is 0 Å². The van der Waals surface area contributed by atoms with Gasteiger partial charge < -0.3 is 10.2 Å². The number of nitrogens with one attached hydrogen (secondary N) is 1. The standard InChI is InChI=1S/C10H13N5O2S/c1-11-3-4-14(2)9-7-5-8(15(16)17)18-10(7)13-6-12-9/h5-6,11H,3-4H2,1-2H3. The molecule has 0 aliphatic carbocycles. The number of nitro groups is 1. The monoisotopic (exact) mass is 267 g/mol. The molecule has 7 nitrogen and oxygen atoms in total. The van der Waals surface area contributed by atoms with E-state index in [9.17, 15) is 10.1 Å². The van der Waals surface area contributed by atoms with Crippen molar-refractivity contribution < 1.29 is 4.92 Å². The molecule has 0 aliphatic rings. The fourth-order valence-electron chi connectivity index (χ4n) is 1.61. The Labute approximate surface area is 108 Å². The van der Waals surface area contributed by atoms with Crippen LogP contribution in [0.3, 0.4) is 0 Å². The van der Waals surface area contributed by atoms with E-state index < -0.39 is 4.92 Å². The summed E-state index contributed by atoms with van der Waals surface area (Å²) in [6, 6.07) is 1.53. The topological polar surface area (TPSA) is 84.2 Å². The van der Waals surface area contributed by atoms with Gasteiger partial charge in [-0.2, -0.15) is 0 Å². The quantitative estimate of drug-likeness (QED) is 0.648. The highest BCUT2D eigenvalue weighted by atomic mass is 32.1. The van der Waals surface area contributed by atoms with Gasteiger partial charge in [-0.25, -0.2) is 9.97 Å². The molecule has 0 aromatic carbocycles. The fraction of sp³-hybridized carbons (Fsp3) is 0.400. The van der Waals surface area contributed by atoms with Gasteiger partial charge in [0.15, 0.2) is 0 Å². The number of thiophene rings is 1. The van der Waals surface area contributed by atoms with Crippen LogP contribution in [-0.4, -0.2) is 42.1 Å². The van der Waals surface area contributed by atoms with Gasteiger partial charge in [-0.15, -0.1) is 0 Å². The van der Waals surface area contributed by atoms with Crippen molar-refractivity contribution >= 4 is 32.4 Å². The molecule has 0 fully saturated rings. The lowest BCUT2D eigenvalue weighted by molar-refractivity contribution is -0.380. The Balaban J connectivity index is 2.41. The van der Waals surface area contributed by atoms with Gasteiger partial charge in [-0.05, 0) is 18.4 Å². The summed E-state index contributed by atoms with van der Waals surface area (Å²) in [6.07, 6.45) is 1.44. The minimum Gasteiger partial charge on any atom is -0.358 e. The molecule has 0 bridgehead atoms. The van der Waals surface area contributed by atoms with Crippen LogP contribution in [0.2, 0.25) is 0 Å². The molecule has 1 N–H and O–H groups in total. The van der Waals surface area contributed by atoms with Crippen molar-refractivity contribution in [1.82, 2.24) is 15.3 Å². The van der Waals surface area contributed by atoms with E-state index in [0.717, 1.165) is 35.6 Å². The molecule has 0 saturated carbocycles. The highest BCUT2D eigenvalue weighted by molar-refractivity contribution is 7.21. The first-order valence-corrected chi connectivity index (χ1v) is 6.20. The van der Waals surface area contributed by atoms with Crippen LogP contribution in [0.4, 0.5) is 10.8 Å². The van der Waals surface area contributed by atoms with Crippen molar-refractivity contribution in [2.45, 2.75) is 0 Å². The molecular weight excluding hydrogens is 254 g/mol. The third kappa shape index (κ3) is 2.39. The Kier molecular flexibility index (Phi) is 3.68. The van der Waals surface area contributed by atoms with Crippen molar-refractivity contribution in [1.29, 1.82) is 0 Å². The number of hydrogen-bond donors (Lipinski definition) is 1. The second-order valence-electron chi connectivity index (χ2n) is 3.78. The molecule has 0 radical (unpaired) electrons. The van der Waals surface area contributed by atoms with Gasteiger partial charge in [0.05, 0.1) is 10.3 Å². The van der Waals surface area contributed by atoms with E-state index >= 15 is 0 Å². The second kappa shape index (κ2) is 5.23. The molecule has 2 rings (SSSR count). The van der Waals surface area contributed by atoms with E-state index in [1.165, 1.54) is 12.4 Å². The third-order valence-electron chi connectivity index (χ3n) is 2.53. The highest BCUT2D eigenvalue weighted by Gasteiger charge is 2.17. The number of anilines is 1. The summed E-state index contributed by atoms with van der Waals surface area (Å²) in [5, 5.41) is 14.6. The van der Waals surface area contributed by atoms with Gasteiger partial charge in [-0.3, -0.25) is 10.1 Å². The Morgan fingerprint density at radius 2 is 2.33 bits per heavy atom. The molecule has 0 aliphatic heterocycles. The van der Waals surface area contributed by atoms with Crippen molar-refractivity contribution in [2.24, 2.45) is 0 Å². The smallest absolute Gasteiger partial charge is 0.326 e. The van der Waals surface area contributed by atoms with Crippen LogP contribution in [0.1, 0.15) is 0 Å². The summed E-state index contributed by atoms with van der Waals surface area (Å²) in [7, 11) is 3.78. The Morgan fingerprint density at radius 3 is 3.00 bits per heavy atom. The van der Waals surface area contributed by atoms with Crippen LogP contribution in [-0.2, 0) is 0 Å². The predicted octanol–water partition coefficient (Wildman–Crippen LogP) is 1.26. The van der Waals surface area contributed by atoms with Crippen molar-refractivity contribution in [3.05, 3.63) is 22.5 Å². The summed E-state index contributed by atoms with van der Waals surface area (Å²) in [5.41, 5.74) is 0. The maximum absolute atomic E-state index is 10.8. The van der Waals surface area contributed by atoms with Gasteiger partial charge in [0.1, 0.15) is 17.0 Å². The molecule has 18 heavy (non-hydrogen) atoms. The Morgan fingerprint density at radius 1 is 1.56 bits per heavy atom. The zero-order valence-corrected chi connectivity index (χ0v) is 10.9. The molecule has 0 amide bonds. The maximum atomic E-state index is 10.8. The predicted molar refractivity (Wildman–Crippen MR) is 71.3 cm³/mol. The number of fused-ring (bicyclic) bond motifs is 1. The normalized spacial score (nSPS) is 10.8. The van der Waals surface area contributed by atoms with E-state index in [-0.39, 0.29) is 5.00 Å². The molecule has 0 unspecified atom stereocenters. The lowest BCUT2D eigenvalue weighted by atomic mass is 10.3. The van der Waals surface area contributed by atoms with Crippen molar-refractivity contribution in [3.8, 4) is 0 Å². The molecular formula is C10H13N5O2S. The molecule has 2 aromatic rings. The van der Waals surface area contributed by atoms with Crippen LogP contribution in [0.15, 0.2) is 12.4 Å². The first kappa shape index (κ1) is 12.7. The molecule has 96 valence electrons. The molecule has 0 saturated heterocycles. The fourth-order valence-corrected chi connectivity index (χ4v) is 2.42. The van der Waals surface area contributed by atoms with Crippen LogP contribution >= 0.6 is 11.3 Å². The summed E-state index contributed by atoms with van der Waals surface area (Å²) >= 11 is 1.07. The molecule has 2 heterocycles. The van der Waals surface area contributed by atoms with Crippen LogP contribution in [0.5, 0.6) is 0 Å². The van der Waals surface area contributed by atoms with Crippen molar-refractivity contribution in [3.63, 3.8) is 0 Å². The third-order valence-corrected chi connectivity index (χ3v) is 3.53. The van der Waals surface area contributed by atoms with Gasteiger partial charge in [-0.1, -0.05) is 0 Å². The van der Waals surface area contributed by atoms with Crippen LogP contribution in [0, 0.1) is 10.1 Å². The second-order valence-corrected chi connectivity index (χ2v) is 4.79. The van der Waals surface area contributed by atoms with E-state index in [2.05, 4.69) is 15.3 Å². The van der Waals surface area contributed by atoms with E-state index in [1.807, 2.05) is 19.0 Å². The largest absolute Gasteiger partial charge is 0.358 e. The summed E-state index contributed by atoms with van der Waals surface area (Å²) in [6.45, 7) is 1.58. The SMILES string of the molecule is CNCCN(C)c1ncnc2sc([N+](=O)[O-])cc12.